The Morgan fingerprint density at radius 1 is 1.28 bits per heavy atom. The summed E-state index contributed by atoms with van der Waals surface area (Å²) < 4.78 is 5.38. The van der Waals surface area contributed by atoms with E-state index >= 15 is 0 Å². The van der Waals surface area contributed by atoms with Gasteiger partial charge < -0.3 is 15.4 Å². The second-order valence-corrected chi connectivity index (χ2v) is 6.21. The summed E-state index contributed by atoms with van der Waals surface area (Å²) in [6.07, 6.45) is 3.19. The molecule has 0 radical (unpaired) electrons. The van der Waals surface area contributed by atoms with Crippen molar-refractivity contribution in [3.8, 4) is 0 Å². The molecule has 0 bridgehead atoms. The molecule has 102 valence electrons. The number of hydrogen-bond acceptors (Lipinski definition) is 4. The summed E-state index contributed by atoms with van der Waals surface area (Å²) in [7, 11) is 0. The second kappa shape index (κ2) is 4.53. The first-order valence-corrected chi connectivity index (χ1v) is 6.60. The molecular weight excluding hydrogens is 232 g/mol. The van der Waals surface area contributed by atoms with Crippen molar-refractivity contribution in [2.75, 3.05) is 0 Å². The number of nitrogens with two attached hydrogens (primary N) is 1. The van der Waals surface area contributed by atoms with Gasteiger partial charge >= 0.3 is 5.97 Å². The summed E-state index contributed by atoms with van der Waals surface area (Å²) in [5, 5.41) is 0. The Morgan fingerprint density at radius 2 is 1.89 bits per heavy atom. The molecule has 0 saturated carbocycles. The van der Waals surface area contributed by atoms with Gasteiger partial charge in [0.2, 0.25) is 5.91 Å². The summed E-state index contributed by atoms with van der Waals surface area (Å²) in [6.45, 7) is 5.50. The number of amides is 1. The Morgan fingerprint density at radius 3 is 2.50 bits per heavy atom. The highest BCUT2D eigenvalue weighted by Gasteiger charge is 2.46. The quantitative estimate of drug-likeness (QED) is 0.703. The highest BCUT2D eigenvalue weighted by Crippen LogP contribution is 2.33. The van der Waals surface area contributed by atoms with E-state index in [1.807, 2.05) is 20.8 Å². The van der Waals surface area contributed by atoms with Gasteiger partial charge in [-0.15, -0.1) is 0 Å². The third-order valence-electron chi connectivity index (χ3n) is 3.56. The van der Waals surface area contributed by atoms with E-state index < -0.39 is 17.7 Å². The average Bonchev–Trinajstić information content (AvgIpc) is 2.65. The number of piperidine rings is 1. The monoisotopic (exact) mass is 254 g/mol. The van der Waals surface area contributed by atoms with Crippen molar-refractivity contribution in [3.63, 3.8) is 0 Å². The fourth-order valence-electron chi connectivity index (χ4n) is 2.79. The number of carbonyl (C=O) groups is 2. The van der Waals surface area contributed by atoms with Crippen LogP contribution in [0.5, 0.6) is 0 Å². The molecule has 0 unspecified atom stereocenters. The largest absolute Gasteiger partial charge is 0.458 e. The maximum atomic E-state index is 12.1. The number of nitrogens with zero attached hydrogens (tertiary/aromatic N) is 1. The number of fused-ring (bicyclic) bond motifs is 1. The molecule has 2 aliphatic heterocycles. The molecule has 2 N–H and O–H groups in total. The molecule has 2 fully saturated rings. The van der Waals surface area contributed by atoms with Gasteiger partial charge in [0.25, 0.3) is 0 Å². The lowest BCUT2D eigenvalue weighted by molar-refractivity contribution is -0.165. The summed E-state index contributed by atoms with van der Waals surface area (Å²) in [4.78, 5) is 25.9. The zero-order chi connectivity index (χ0) is 13.5. The zero-order valence-corrected chi connectivity index (χ0v) is 11.3. The van der Waals surface area contributed by atoms with Crippen LogP contribution in [0.3, 0.4) is 0 Å². The molecule has 5 nitrogen and oxygen atoms in total. The van der Waals surface area contributed by atoms with Crippen LogP contribution in [0.1, 0.15) is 46.5 Å². The van der Waals surface area contributed by atoms with Crippen molar-refractivity contribution in [2.24, 2.45) is 5.73 Å². The number of hydrogen-bond donors (Lipinski definition) is 1. The van der Waals surface area contributed by atoms with Crippen LogP contribution in [-0.2, 0) is 14.3 Å². The maximum absolute atomic E-state index is 12.1. The van der Waals surface area contributed by atoms with Crippen LogP contribution in [0.15, 0.2) is 0 Å². The van der Waals surface area contributed by atoms with Gasteiger partial charge in [0.05, 0.1) is 6.04 Å². The van der Waals surface area contributed by atoms with Crippen molar-refractivity contribution >= 4 is 11.9 Å². The molecule has 2 heterocycles. The number of ether oxygens (including phenoxy) is 1. The van der Waals surface area contributed by atoms with Crippen LogP contribution in [0.4, 0.5) is 0 Å². The van der Waals surface area contributed by atoms with Gasteiger partial charge in [0.1, 0.15) is 11.6 Å². The van der Waals surface area contributed by atoms with Crippen LogP contribution in [-0.4, -0.2) is 40.5 Å². The lowest BCUT2D eigenvalue weighted by Crippen LogP contribution is -2.55. The van der Waals surface area contributed by atoms with Gasteiger partial charge in [-0.25, -0.2) is 4.79 Å². The topological polar surface area (TPSA) is 72.6 Å². The van der Waals surface area contributed by atoms with Crippen LogP contribution >= 0.6 is 0 Å². The van der Waals surface area contributed by atoms with E-state index in [2.05, 4.69) is 0 Å². The Bertz CT molecular complexity index is 362. The van der Waals surface area contributed by atoms with Crippen molar-refractivity contribution in [1.82, 2.24) is 4.90 Å². The van der Waals surface area contributed by atoms with E-state index in [1.165, 1.54) is 0 Å². The summed E-state index contributed by atoms with van der Waals surface area (Å²) in [6, 6.07) is -0.716. The highest BCUT2D eigenvalue weighted by atomic mass is 16.6. The van der Waals surface area contributed by atoms with E-state index in [4.69, 9.17) is 10.5 Å². The van der Waals surface area contributed by atoms with Crippen molar-refractivity contribution in [1.29, 1.82) is 0 Å². The molecule has 0 spiro atoms. The minimum Gasteiger partial charge on any atom is -0.458 e. The van der Waals surface area contributed by atoms with Gasteiger partial charge in [-0.05, 0) is 46.5 Å². The molecule has 2 aliphatic rings. The smallest absolute Gasteiger partial charge is 0.329 e. The molecular formula is C13H22N2O3. The van der Waals surface area contributed by atoms with E-state index in [-0.39, 0.29) is 17.9 Å². The fraction of sp³-hybridized carbons (Fsp3) is 0.846. The average molecular weight is 254 g/mol. The van der Waals surface area contributed by atoms with E-state index in [1.54, 1.807) is 4.90 Å². The fourth-order valence-corrected chi connectivity index (χ4v) is 2.79. The summed E-state index contributed by atoms with van der Waals surface area (Å²) in [5.41, 5.74) is 5.26. The molecule has 2 rings (SSSR count). The molecule has 0 aromatic rings. The van der Waals surface area contributed by atoms with Gasteiger partial charge in [-0.3, -0.25) is 4.79 Å². The minimum absolute atomic E-state index is 0.0976. The predicted octanol–water partition coefficient (Wildman–Crippen LogP) is 0.809. The molecule has 0 aliphatic carbocycles. The van der Waals surface area contributed by atoms with Crippen molar-refractivity contribution in [2.45, 2.75) is 70.2 Å². The number of rotatable bonds is 1. The van der Waals surface area contributed by atoms with Crippen molar-refractivity contribution in [3.05, 3.63) is 0 Å². The first-order chi connectivity index (χ1) is 8.29. The Balaban J connectivity index is 2.10. The lowest BCUT2D eigenvalue weighted by atomic mass is 9.99. The normalized spacial score (nSPS) is 32.3. The molecule has 0 aromatic heterocycles. The lowest BCUT2D eigenvalue weighted by Gasteiger charge is -2.36. The molecule has 1 amide bonds. The van der Waals surface area contributed by atoms with E-state index in [0.717, 1.165) is 19.3 Å². The molecule has 3 atom stereocenters. The minimum atomic E-state index is -0.518. The van der Waals surface area contributed by atoms with E-state index in [9.17, 15) is 9.59 Å². The number of carbonyl (C=O) groups excluding carboxylic acids is 2. The first kappa shape index (κ1) is 13.3. The Kier molecular flexibility index (Phi) is 3.36. The highest BCUT2D eigenvalue weighted by molar-refractivity contribution is 5.89. The Labute approximate surface area is 108 Å². The van der Waals surface area contributed by atoms with Crippen molar-refractivity contribution < 1.29 is 14.3 Å². The van der Waals surface area contributed by atoms with Crippen LogP contribution in [0.2, 0.25) is 0 Å². The van der Waals surface area contributed by atoms with Crippen LogP contribution in [0, 0.1) is 0 Å². The zero-order valence-electron chi connectivity index (χ0n) is 11.3. The van der Waals surface area contributed by atoms with Gasteiger partial charge in [-0.2, -0.15) is 0 Å². The summed E-state index contributed by atoms with van der Waals surface area (Å²) in [5.74, 6) is -0.396. The predicted molar refractivity (Wildman–Crippen MR) is 66.7 cm³/mol. The molecule has 18 heavy (non-hydrogen) atoms. The third kappa shape index (κ3) is 2.51. The van der Waals surface area contributed by atoms with Crippen LogP contribution in [0.25, 0.3) is 0 Å². The first-order valence-electron chi connectivity index (χ1n) is 6.60. The van der Waals surface area contributed by atoms with Gasteiger partial charge in [0.15, 0.2) is 0 Å². The standard InChI is InChI=1S/C13H22N2O3/c1-13(2,3)18-12(17)10-7-5-8-4-6-9(14)11(16)15(8)10/h8-10H,4-7,14H2,1-3H3/t8-,9-,10-/m0/s1. The molecule has 5 heteroatoms. The van der Waals surface area contributed by atoms with Gasteiger partial charge in [-0.1, -0.05) is 0 Å². The Hall–Kier alpha value is -1.10. The number of esters is 1. The molecule has 0 aromatic carbocycles. The second-order valence-electron chi connectivity index (χ2n) is 6.21. The maximum Gasteiger partial charge on any atom is 0.329 e. The summed E-state index contributed by atoms with van der Waals surface area (Å²) >= 11 is 0. The molecule has 2 saturated heterocycles. The SMILES string of the molecule is CC(C)(C)OC(=O)[C@@H]1CC[C@@H]2CC[C@H](N)C(=O)N21. The van der Waals surface area contributed by atoms with Crippen LogP contribution < -0.4 is 5.73 Å². The van der Waals surface area contributed by atoms with E-state index in [0.29, 0.717) is 6.42 Å². The van der Waals surface area contributed by atoms with Gasteiger partial charge in [0, 0.05) is 6.04 Å². The third-order valence-corrected chi connectivity index (χ3v) is 3.56.